The Morgan fingerprint density at radius 2 is 1.81 bits per heavy atom. The second-order valence-electron chi connectivity index (χ2n) is 6.46. The smallest absolute Gasteiger partial charge is 0.321 e. The number of urea groups is 1. The minimum absolute atomic E-state index is 0.0402. The first-order valence-electron chi connectivity index (χ1n) is 8.64. The van der Waals surface area contributed by atoms with E-state index in [0.29, 0.717) is 11.0 Å². The summed E-state index contributed by atoms with van der Waals surface area (Å²) >= 11 is 1.24. The molecule has 0 aliphatic heterocycles. The summed E-state index contributed by atoms with van der Waals surface area (Å²) in [6, 6.07) is 7.12. The van der Waals surface area contributed by atoms with E-state index in [9.17, 15) is 9.59 Å². The highest BCUT2D eigenvalue weighted by atomic mass is 32.2. The van der Waals surface area contributed by atoms with Gasteiger partial charge in [0.15, 0.2) is 11.0 Å². The van der Waals surface area contributed by atoms with Crippen LogP contribution in [-0.2, 0) is 4.79 Å². The SMILES string of the molecule is COc1ccc(-c2nnc(SCC(=O)NC(=O)NC(C)C)n2C(C)C)cc1. The van der Waals surface area contributed by atoms with E-state index in [1.165, 1.54) is 11.8 Å². The number of hydrogen-bond donors (Lipinski definition) is 2. The van der Waals surface area contributed by atoms with Crippen molar-refractivity contribution in [2.24, 2.45) is 0 Å². The minimum atomic E-state index is -0.500. The van der Waals surface area contributed by atoms with Gasteiger partial charge in [-0.15, -0.1) is 10.2 Å². The second kappa shape index (κ2) is 9.40. The largest absolute Gasteiger partial charge is 0.497 e. The van der Waals surface area contributed by atoms with Gasteiger partial charge in [-0.2, -0.15) is 0 Å². The predicted molar refractivity (Wildman–Crippen MR) is 105 cm³/mol. The van der Waals surface area contributed by atoms with Crippen LogP contribution in [0.2, 0.25) is 0 Å². The Morgan fingerprint density at radius 1 is 1.15 bits per heavy atom. The molecule has 0 aliphatic rings. The van der Waals surface area contributed by atoms with E-state index < -0.39 is 6.03 Å². The molecule has 27 heavy (non-hydrogen) atoms. The van der Waals surface area contributed by atoms with Gasteiger partial charge in [-0.3, -0.25) is 14.7 Å². The maximum absolute atomic E-state index is 12.0. The molecule has 2 aromatic rings. The van der Waals surface area contributed by atoms with Crippen molar-refractivity contribution in [3.05, 3.63) is 24.3 Å². The van der Waals surface area contributed by atoms with Crippen LogP contribution in [0.5, 0.6) is 5.75 Å². The molecule has 0 bridgehead atoms. The molecule has 0 atom stereocenters. The summed E-state index contributed by atoms with van der Waals surface area (Å²) in [7, 11) is 1.62. The number of amides is 3. The number of carbonyl (C=O) groups is 2. The van der Waals surface area contributed by atoms with Gasteiger partial charge in [0, 0.05) is 17.6 Å². The number of imide groups is 1. The molecule has 3 amide bonds. The van der Waals surface area contributed by atoms with Crippen molar-refractivity contribution in [2.75, 3.05) is 12.9 Å². The normalized spacial score (nSPS) is 10.9. The van der Waals surface area contributed by atoms with Gasteiger partial charge in [-0.1, -0.05) is 11.8 Å². The van der Waals surface area contributed by atoms with Crippen molar-refractivity contribution < 1.29 is 14.3 Å². The molecule has 0 unspecified atom stereocenters. The van der Waals surface area contributed by atoms with Gasteiger partial charge in [0.1, 0.15) is 5.75 Å². The summed E-state index contributed by atoms with van der Waals surface area (Å²) in [4.78, 5) is 23.6. The molecule has 9 heteroatoms. The lowest BCUT2D eigenvalue weighted by Crippen LogP contribution is -2.43. The van der Waals surface area contributed by atoms with Gasteiger partial charge in [0.05, 0.1) is 12.9 Å². The van der Waals surface area contributed by atoms with E-state index in [1.54, 1.807) is 7.11 Å². The van der Waals surface area contributed by atoms with Crippen molar-refractivity contribution in [1.82, 2.24) is 25.4 Å². The number of nitrogens with one attached hydrogen (secondary N) is 2. The molecule has 2 rings (SSSR count). The first kappa shape index (κ1) is 20.8. The zero-order valence-corrected chi connectivity index (χ0v) is 17.0. The Labute approximate surface area is 163 Å². The average molecular weight is 391 g/mol. The molecule has 1 aromatic heterocycles. The monoisotopic (exact) mass is 391 g/mol. The van der Waals surface area contributed by atoms with Crippen LogP contribution in [-0.4, -0.2) is 45.6 Å². The van der Waals surface area contributed by atoms with Crippen LogP contribution >= 0.6 is 11.8 Å². The van der Waals surface area contributed by atoms with E-state index >= 15 is 0 Å². The van der Waals surface area contributed by atoms with Crippen molar-refractivity contribution >= 4 is 23.7 Å². The molecular formula is C18H25N5O3S. The number of carbonyl (C=O) groups excluding carboxylic acids is 2. The highest BCUT2D eigenvalue weighted by molar-refractivity contribution is 7.99. The molecule has 1 heterocycles. The average Bonchev–Trinajstić information content (AvgIpc) is 3.03. The lowest BCUT2D eigenvalue weighted by molar-refractivity contribution is -0.117. The fourth-order valence-electron chi connectivity index (χ4n) is 2.37. The van der Waals surface area contributed by atoms with Gasteiger partial charge in [0.2, 0.25) is 5.91 Å². The Balaban J connectivity index is 2.10. The number of aromatic nitrogens is 3. The minimum Gasteiger partial charge on any atom is -0.497 e. The number of nitrogens with zero attached hydrogens (tertiary/aromatic N) is 3. The number of hydrogen-bond acceptors (Lipinski definition) is 6. The molecule has 146 valence electrons. The Morgan fingerprint density at radius 3 is 2.37 bits per heavy atom. The fourth-order valence-corrected chi connectivity index (χ4v) is 3.24. The molecule has 2 N–H and O–H groups in total. The lowest BCUT2D eigenvalue weighted by atomic mass is 10.2. The van der Waals surface area contributed by atoms with E-state index in [0.717, 1.165) is 11.3 Å². The van der Waals surface area contributed by atoms with Crippen LogP contribution in [0.3, 0.4) is 0 Å². The van der Waals surface area contributed by atoms with Crippen molar-refractivity contribution in [3.63, 3.8) is 0 Å². The molecule has 1 aromatic carbocycles. The summed E-state index contributed by atoms with van der Waals surface area (Å²) < 4.78 is 7.15. The molecule has 0 saturated carbocycles. The Bertz CT molecular complexity index is 787. The van der Waals surface area contributed by atoms with E-state index in [4.69, 9.17) is 4.74 Å². The van der Waals surface area contributed by atoms with Crippen LogP contribution in [0, 0.1) is 0 Å². The first-order chi connectivity index (χ1) is 12.8. The van der Waals surface area contributed by atoms with Gasteiger partial charge < -0.3 is 10.1 Å². The Hall–Kier alpha value is -2.55. The van der Waals surface area contributed by atoms with Crippen LogP contribution in [0.1, 0.15) is 33.7 Å². The van der Waals surface area contributed by atoms with E-state index in [-0.39, 0.29) is 23.7 Å². The number of ether oxygens (including phenoxy) is 1. The third-order valence-electron chi connectivity index (χ3n) is 3.53. The van der Waals surface area contributed by atoms with Crippen LogP contribution in [0.15, 0.2) is 29.4 Å². The highest BCUT2D eigenvalue weighted by Crippen LogP contribution is 2.28. The third kappa shape index (κ3) is 5.72. The number of rotatable bonds is 7. The number of thioether (sulfide) groups is 1. The predicted octanol–water partition coefficient (Wildman–Crippen LogP) is 2.86. The standard InChI is InChI=1S/C18H25N5O3S/c1-11(2)19-17(25)20-15(24)10-27-18-22-21-16(23(18)12(3)4)13-6-8-14(26-5)9-7-13/h6-9,11-12H,10H2,1-5H3,(H2,19,20,24,25). The van der Waals surface area contributed by atoms with E-state index in [1.807, 2.05) is 56.5 Å². The summed E-state index contributed by atoms with van der Waals surface area (Å²) in [5.74, 6) is 1.16. The van der Waals surface area contributed by atoms with Gasteiger partial charge in [-0.25, -0.2) is 4.79 Å². The summed E-state index contributed by atoms with van der Waals surface area (Å²) in [5.41, 5.74) is 0.907. The zero-order chi connectivity index (χ0) is 20.0. The maximum Gasteiger partial charge on any atom is 0.321 e. The lowest BCUT2D eigenvalue weighted by Gasteiger charge is -2.14. The molecule has 0 spiro atoms. The van der Waals surface area contributed by atoms with Crippen molar-refractivity contribution in [2.45, 2.75) is 44.9 Å². The van der Waals surface area contributed by atoms with Crippen LogP contribution < -0.4 is 15.4 Å². The summed E-state index contributed by atoms with van der Waals surface area (Å²) in [5, 5.41) is 14.0. The zero-order valence-electron chi connectivity index (χ0n) is 16.1. The third-order valence-corrected chi connectivity index (χ3v) is 4.48. The molecular weight excluding hydrogens is 366 g/mol. The summed E-state index contributed by atoms with van der Waals surface area (Å²) in [6.07, 6.45) is 0. The maximum atomic E-state index is 12.0. The Kier molecular flexibility index (Phi) is 7.23. The van der Waals surface area contributed by atoms with Crippen molar-refractivity contribution in [3.8, 4) is 17.1 Å². The molecule has 0 radical (unpaired) electrons. The molecule has 0 aliphatic carbocycles. The topological polar surface area (TPSA) is 98.1 Å². The van der Waals surface area contributed by atoms with Crippen LogP contribution in [0.4, 0.5) is 4.79 Å². The number of benzene rings is 1. The quantitative estimate of drug-likeness (QED) is 0.704. The highest BCUT2D eigenvalue weighted by Gasteiger charge is 2.18. The summed E-state index contributed by atoms with van der Waals surface area (Å²) in [6.45, 7) is 7.70. The van der Waals surface area contributed by atoms with E-state index in [2.05, 4.69) is 20.8 Å². The van der Waals surface area contributed by atoms with Gasteiger partial charge in [0.25, 0.3) is 0 Å². The first-order valence-corrected chi connectivity index (χ1v) is 9.62. The number of methoxy groups -OCH3 is 1. The second-order valence-corrected chi connectivity index (χ2v) is 7.41. The fraction of sp³-hybridized carbons (Fsp3) is 0.444. The van der Waals surface area contributed by atoms with Gasteiger partial charge >= 0.3 is 6.03 Å². The van der Waals surface area contributed by atoms with Crippen molar-refractivity contribution in [1.29, 1.82) is 0 Å². The molecule has 0 fully saturated rings. The molecule has 8 nitrogen and oxygen atoms in total. The van der Waals surface area contributed by atoms with Gasteiger partial charge in [-0.05, 0) is 52.0 Å². The van der Waals surface area contributed by atoms with Crippen LogP contribution in [0.25, 0.3) is 11.4 Å². The molecule has 0 saturated heterocycles.